The van der Waals surface area contributed by atoms with Crippen molar-refractivity contribution >= 4 is 6.08 Å². The summed E-state index contributed by atoms with van der Waals surface area (Å²) in [5.41, 5.74) is 1.19. The van der Waals surface area contributed by atoms with Crippen molar-refractivity contribution in [2.75, 3.05) is 0 Å². The van der Waals surface area contributed by atoms with Crippen molar-refractivity contribution in [1.82, 2.24) is 0 Å². The van der Waals surface area contributed by atoms with Crippen LogP contribution in [-0.2, 0) is 6.42 Å². The molecule has 62 valence electrons. The van der Waals surface area contributed by atoms with Crippen molar-refractivity contribution in [1.29, 1.82) is 5.26 Å². The first-order valence-electron chi connectivity index (χ1n) is 3.83. The minimum absolute atomic E-state index is 0.344. The van der Waals surface area contributed by atoms with Gasteiger partial charge in [0.05, 0.1) is 12.5 Å². The monoisotopic (exact) mass is 161 g/mol. The highest BCUT2D eigenvalue weighted by atomic mass is 16.3. The zero-order valence-corrected chi connectivity index (χ0v) is 7.29. The van der Waals surface area contributed by atoms with Gasteiger partial charge in [-0.05, 0) is 32.1 Å². The standard InChI is InChI=1S/C10H11NO/c1-8(2)7-10-4-3-9(12-10)5-6-11/h3-4,7H,5H2,1-2H3. The van der Waals surface area contributed by atoms with Crippen LogP contribution in [0.2, 0.25) is 0 Å². The van der Waals surface area contributed by atoms with Gasteiger partial charge in [0.1, 0.15) is 11.5 Å². The molecule has 1 aromatic rings. The second-order valence-corrected chi connectivity index (χ2v) is 2.86. The molecule has 0 saturated carbocycles. The lowest BCUT2D eigenvalue weighted by molar-refractivity contribution is 0.515. The molecule has 1 aromatic heterocycles. The van der Waals surface area contributed by atoms with Crippen molar-refractivity contribution in [2.45, 2.75) is 20.3 Å². The van der Waals surface area contributed by atoms with Crippen molar-refractivity contribution < 1.29 is 4.42 Å². The Kier molecular flexibility index (Phi) is 2.71. The van der Waals surface area contributed by atoms with Gasteiger partial charge in [0.15, 0.2) is 0 Å². The highest BCUT2D eigenvalue weighted by Gasteiger charge is 1.97. The maximum absolute atomic E-state index is 8.39. The molecule has 12 heavy (non-hydrogen) atoms. The zero-order valence-electron chi connectivity index (χ0n) is 7.29. The number of hydrogen-bond acceptors (Lipinski definition) is 2. The van der Waals surface area contributed by atoms with Crippen LogP contribution in [0.5, 0.6) is 0 Å². The highest BCUT2D eigenvalue weighted by molar-refractivity contribution is 5.46. The molecule has 0 amide bonds. The van der Waals surface area contributed by atoms with E-state index in [1.165, 1.54) is 5.57 Å². The summed E-state index contributed by atoms with van der Waals surface area (Å²) >= 11 is 0. The third-order valence-electron chi connectivity index (χ3n) is 1.37. The summed E-state index contributed by atoms with van der Waals surface area (Å²) in [4.78, 5) is 0. The summed E-state index contributed by atoms with van der Waals surface area (Å²) in [7, 11) is 0. The smallest absolute Gasteiger partial charge is 0.127 e. The van der Waals surface area contributed by atoms with Gasteiger partial charge in [-0.25, -0.2) is 0 Å². The van der Waals surface area contributed by atoms with E-state index in [1.807, 2.05) is 38.1 Å². The van der Waals surface area contributed by atoms with Crippen LogP contribution in [0.4, 0.5) is 0 Å². The van der Waals surface area contributed by atoms with Gasteiger partial charge < -0.3 is 4.42 Å². The third-order valence-corrected chi connectivity index (χ3v) is 1.37. The summed E-state index contributed by atoms with van der Waals surface area (Å²) in [5, 5.41) is 8.39. The number of furan rings is 1. The van der Waals surface area contributed by atoms with E-state index in [0.29, 0.717) is 6.42 Å². The Balaban J connectivity index is 2.79. The zero-order chi connectivity index (χ0) is 8.97. The molecule has 0 saturated heterocycles. The molecule has 0 fully saturated rings. The summed E-state index contributed by atoms with van der Waals surface area (Å²) in [5.74, 6) is 1.55. The van der Waals surface area contributed by atoms with Crippen molar-refractivity contribution in [3.05, 3.63) is 29.2 Å². The minimum Gasteiger partial charge on any atom is -0.461 e. The predicted octanol–water partition coefficient (Wildman–Crippen LogP) is 2.77. The van der Waals surface area contributed by atoms with E-state index in [-0.39, 0.29) is 0 Å². The molecule has 1 rings (SSSR count). The molecule has 2 nitrogen and oxygen atoms in total. The Morgan fingerprint density at radius 1 is 1.58 bits per heavy atom. The topological polar surface area (TPSA) is 36.9 Å². The van der Waals surface area contributed by atoms with Gasteiger partial charge in [-0.2, -0.15) is 5.26 Å². The quantitative estimate of drug-likeness (QED) is 0.668. The Bertz CT molecular complexity index is 324. The number of nitrogens with zero attached hydrogens (tertiary/aromatic N) is 1. The van der Waals surface area contributed by atoms with Crippen LogP contribution in [-0.4, -0.2) is 0 Å². The summed E-state index contributed by atoms with van der Waals surface area (Å²) in [6, 6.07) is 5.74. The second-order valence-electron chi connectivity index (χ2n) is 2.86. The first kappa shape index (κ1) is 8.61. The number of hydrogen-bond donors (Lipinski definition) is 0. The first-order valence-corrected chi connectivity index (χ1v) is 3.83. The van der Waals surface area contributed by atoms with E-state index in [4.69, 9.17) is 9.68 Å². The van der Waals surface area contributed by atoms with Gasteiger partial charge in [-0.3, -0.25) is 0 Å². The van der Waals surface area contributed by atoms with E-state index in [1.54, 1.807) is 0 Å². The molecule has 0 unspecified atom stereocenters. The van der Waals surface area contributed by atoms with E-state index in [9.17, 15) is 0 Å². The second kappa shape index (κ2) is 3.77. The van der Waals surface area contributed by atoms with Gasteiger partial charge in [0.2, 0.25) is 0 Å². The normalized spacial score (nSPS) is 9.08. The molecule has 0 aliphatic heterocycles. The molecule has 0 bridgehead atoms. The van der Waals surface area contributed by atoms with Gasteiger partial charge in [0.25, 0.3) is 0 Å². The van der Waals surface area contributed by atoms with Crippen molar-refractivity contribution in [2.24, 2.45) is 0 Å². The maximum atomic E-state index is 8.39. The fourth-order valence-corrected chi connectivity index (χ4v) is 0.930. The Morgan fingerprint density at radius 2 is 2.33 bits per heavy atom. The molecule has 0 atom stereocenters. The van der Waals surface area contributed by atoms with E-state index < -0.39 is 0 Å². The number of rotatable bonds is 2. The predicted molar refractivity (Wildman–Crippen MR) is 47.4 cm³/mol. The lowest BCUT2D eigenvalue weighted by Gasteiger charge is -1.87. The van der Waals surface area contributed by atoms with Gasteiger partial charge >= 0.3 is 0 Å². The van der Waals surface area contributed by atoms with Crippen LogP contribution in [0.1, 0.15) is 25.4 Å². The first-order chi connectivity index (χ1) is 5.72. The molecule has 2 heteroatoms. The van der Waals surface area contributed by atoms with Crippen molar-refractivity contribution in [3.8, 4) is 6.07 Å². The molecule has 0 aliphatic rings. The fourth-order valence-electron chi connectivity index (χ4n) is 0.930. The van der Waals surface area contributed by atoms with Crippen LogP contribution >= 0.6 is 0 Å². The average Bonchev–Trinajstić information content (AvgIpc) is 2.36. The lowest BCUT2D eigenvalue weighted by Crippen LogP contribution is -1.72. The van der Waals surface area contributed by atoms with E-state index in [0.717, 1.165) is 11.5 Å². The van der Waals surface area contributed by atoms with Crippen LogP contribution in [0.3, 0.4) is 0 Å². The molecular formula is C10H11NO. The molecule has 0 N–H and O–H groups in total. The summed E-state index contributed by atoms with van der Waals surface area (Å²) in [6.45, 7) is 4.01. The number of allylic oxidation sites excluding steroid dienone is 1. The Labute approximate surface area is 72.1 Å². The van der Waals surface area contributed by atoms with E-state index in [2.05, 4.69) is 0 Å². The summed E-state index contributed by atoms with van der Waals surface area (Å²) < 4.78 is 5.34. The molecule has 0 spiro atoms. The third kappa shape index (κ3) is 2.28. The molecule has 1 heterocycles. The number of nitriles is 1. The van der Waals surface area contributed by atoms with Crippen LogP contribution in [0, 0.1) is 11.3 Å². The van der Waals surface area contributed by atoms with Crippen LogP contribution in [0.25, 0.3) is 6.08 Å². The summed E-state index contributed by atoms with van der Waals surface area (Å²) in [6.07, 6.45) is 2.29. The highest BCUT2D eigenvalue weighted by Crippen LogP contribution is 2.11. The Morgan fingerprint density at radius 3 is 2.92 bits per heavy atom. The van der Waals surface area contributed by atoms with Gasteiger partial charge in [0, 0.05) is 0 Å². The SMILES string of the molecule is CC(C)=Cc1ccc(CC#N)o1. The lowest BCUT2D eigenvalue weighted by atomic mass is 10.3. The Hall–Kier alpha value is -1.49. The maximum Gasteiger partial charge on any atom is 0.127 e. The molecule has 0 aliphatic carbocycles. The van der Waals surface area contributed by atoms with Gasteiger partial charge in [-0.15, -0.1) is 0 Å². The fraction of sp³-hybridized carbons (Fsp3) is 0.300. The van der Waals surface area contributed by atoms with E-state index >= 15 is 0 Å². The van der Waals surface area contributed by atoms with Crippen molar-refractivity contribution in [3.63, 3.8) is 0 Å². The molecule has 0 radical (unpaired) electrons. The molecular weight excluding hydrogens is 150 g/mol. The average molecular weight is 161 g/mol. The molecule has 0 aromatic carbocycles. The van der Waals surface area contributed by atoms with Crippen LogP contribution in [0.15, 0.2) is 22.1 Å². The largest absolute Gasteiger partial charge is 0.461 e. The minimum atomic E-state index is 0.344. The van der Waals surface area contributed by atoms with Gasteiger partial charge in [-0.1, -0.05) is 5.57 Å². The van der Waals surface area contributed by atoms with Crippen LogP contribution < -0.4 is 0 Å².